The highest BCUT2D eigenvalue weighted by atomic mass is 32.1. The van der Waals surface area contributed by atoms with Crippen molar-refractivity contribution in [3.63, 3.8) is 0 Å². The van der Waals surface area contributed by atoms with E-state index in [0.29, 0.717) is 23.0 Å². The molecule has 1 aliphatic carbocycles. The molecule has 0 unspecified atom stereocenters. The lowest BCUT2D eigenvalue weighted by Crippen LogP contribution is -2.21. The first-order valence-electron chi connectivity index (χ1n) is 11.3. The van der Waals surface area contributed by atoms with Gasteiger partial charge in [-0.2, -0.15) is 0 Å². The van der Waals surface area contributed by atoms with E-state index in [-0.39, 0.29) is 11.4 Å². The molecular formula is C25H34N2O3S2. The number of fused-ring (bicyclic) bond motifs is 1. The number of rotatable bonds is 5. The SMILES string of the molecule is CCOC(=O)c1c(NC(=S)Nc2cc(C(C)(C)C)ccc2OC)sc2c1CCCCCC2. The molecule has 1 aromatic carbocycles. The van der Waals surface area contributed by atoms with Crippen LogP contribution in [0.4, 0.5) is 10.7 Å². The zero-order valence-corrected chi connectivity index (χ0v) is 21.4. The Bertz CT molecular complexity index is 976. The minimum Gasteiger partial charge on any atom is -0.495 e. The highest BCUT2D eigenvalue weighted by molar-refractivity contribution is 7.80. The van der Waals surface area contributed by atoms with Crippen LogP contribution in [-0.2, 0) is 23.0 Å². The summed E-state index contributed by atoms with van der Waals surface area (Å²) in [7, 11) is 1.64. The number of ether oxygens (including phenoxy) is 2. The Kier molecular flexibility index (Phi) is 8.17. The number of hydrogen-bond donors (Lipinski definition) is 2. The van der Waals surface area contributed by atoms with E-state index in [0.717, 1.165) is 41.9 Å². The molecule has 0 radical (unpaired) electrons. The summed E-state index contributed by atoms with van der Waals surface area (Å²) >= 11 is 7.27. The maximum atomic E-state index is 12.9. The molecule has 1 aromatic heterocycles. The first kappa shape index (κ1) is 24.5. The summed E-state index contributed by atoms with van der Waals surface area (Å²) in [6.45, 7) is 8.69. The lowest BCUT2D eigenvalue weighted by molar-refractivity contribution is 0.0526. The van der Waals surface area contributed by atoms with Gasteiger partial charge in [0.05, 0.1) is 25.0 Å². The van der Waals surface area contributed by atoms with Crippen molar-refractivity contribution in [2.24, 2.45) is 0 Å². The van der Waals surface area contributed by atoms with Gasteiger partial charge >= 0.3 is 5.97 Å². The van der Waals surface area contributed by atoms with E-state index in [1.807, 2.05) is 13.0 Å². The van der Waals surface area contributed by atoms with E-state index >= 15 is 0 Å². The average Bonchev–Trinajstić information content (AvgIpc) is 3.03. The average molecular weight is 475 g/mol. The molecule has 0 fully saturated rings. The second-order valence-corrected chi connectivity index (χ2v) is 10.6. The topological polar surface area (TPSA) is 59.6 Å². The molecule has 0 spiro atoms. The van der Waals surface area contributed by atoms with Crippen LogP contribution in [0.25, 0.3) is 0 Å². The van der Waals surface area contributed by atoms with Crippen molar-refractivity contribution in [1.29, 1.82) is 0 Å². The molecule has 174 valence electrons. The molecule has 32 heavy (non-hydrogen) atoms. The van der Waals surface area contributed by atoms with Gasteiger partial charge in [0.2, 0.25) is 0 Å². The number of thiophene rings is 1. The van der Waals surface area contributed by atoms with Crippen LogP contribution in [0.15, 0.2) is 18.2 Å². The van der Waals surface area contributed by atoms with Crippen LogP contribution >= 0.6 is 23.6 Å². The van der Waals surface area contributed by atoms with Crippen molar-refractivity contribution in [3.05, 3.63) is 39.8 Å². The summed E-state index contributed by atoms with van der Waals surface area (Å²) < 4.78 is 10.9. The quantitative estimate of drug-likeness (QED) is 0.371. The van der Waals surface area contributed by atoms with E-state index < -0.39 is 0 Å². The molecule has 5 nitrogen and oxygen atoms in total. The molecule has 0 atom stereocenters. The molecule has 1 aliphatic rings. The number of thiocarbonyl (C=S) groups is 1. The minimum absolute atomic E-state index is 0.00134. The fraction of sp³-hybridized carbons (Fsp3) is 0.520. The third-order valence-corrected chi connectivity index (χ3v) is 7.10. The summed E-state index contributed by atoms with van der Waals surface area (Å²) in [5, 5.41) is 7.75. The van der Waals surface area contributed by atoms with Crippen molar-refractivity contribution < 1.29 is 14.3 Å². The highest BCUT2D eigenvalue weighted by Crippen LogP contribution is 2.38. The number of carbonyl (C=O) groups is 1. The number of nitrogens with one attached hydrogen (secondary N) is 2. The Morgan fingerprint density at radius 3 is 2.50 bits per heavy atom. The molecule has 2 N–H and O–H groups in total. The van der Waals surface area contributed by atoms with Crippen molar-refractivity contribution in [1.82, 2.24) is 0 Å². The van der Waals surface area contributed by atoms with Crippen LogP contribution in [0.3, 0.4) is 0 Å². The first-order chi connectivity index (χ1) is 15.2. The predicted octanol–water partition coefficient (Wildman–Crippen LogP) is 6.70. The van der Waals surface area contributed by atoms with Crippen LogP contribution < -0.4 is 15.4 Å². The number of esters is 1. The fourth-order valence-electron chi connectivity index (χ4n) is 3.96. The van der Waals surface area contributed by atoms with Crippen molar-refractivity contribution in [3.8, 4) is 5.75 Å². The number of hydrogen-bond acceptors (Lipinski definition) is 5. The van der Waals surface area contributed by atoms with E-state index in [4.69, 9.17) is 21.7 Å². The van der Waals surface area contributed by atoms with Gasteiger partial charge in [-0.05, 0) is 73.5 Å². The maximum Gasteiger partial charge on any atom is 0.341 e. The summed E-state index contributed by atoms with van der Waals surface area (Å²) in [6, 6.07) is 6.08. The van der Waals surface area contributed by atoms with Crippen LogP contribution in [0.1, 0.15) is 79.7 Å². The Hall–Kier alpha value is -2.12. The molecule has 1 heterocycles. The molecular weight excluding hydrogens is 440 g/mol. The molecule has 0 bridgehead atoms. The van der Waals surface area contributed by atoms with Gasteiger partial charge in [-0.1, -0.05) is 39.7 Å². The van der Waals surface area contributed by atoms with Gasteiger partial charge in [0, 0.05) is 4.88 Å². The number of aryl methyl sites for hydroxylation is 1. The smallest absolute Gasteiger partial charge is 0.341 e. The largest absolute Gasteiger partial charge is 0.495 e. The molecule has 0 aliphatic heterocycles. The van der Waals surface area contributed by atoms with Gasteiger partial charge in [0.15, 0.2) is 5.11 Å². The van der Waals surface area contributed by atoms with Crippen molar-refractivity contribution >= 4 is 45.3 Å². The molecule has 0 saturated carbocycles. The lowest BCUT2D eigenvalue weighted by atomic mass is 9.87. The Labute approximate surface area is 200 Å². The number of benzene rings is 1. The molecule has 0 saturated heterocycles. The van der Waals surface area contributed by atoms with Gasteiger partial charge in [0.25, 0.3) is 0 Å². The Balaban J connectivity index is 1.89. The van der Waals surface area contributed by atoms with Crippen molar-refractivity contribution in [2.75, 3.05) is 24.4 Å². The molecule has 2 aromatic rings. The monoisotopic (exact) mass is 474 g/mol. The minimum atomic E-state index is -0.275. The number of methoxy groups -OCH3 is 1. The van der Waals surface area contributed by atoms with Crippen molar-refractivity contribution in [2.45, 2.75) is 71.6 Å². The Morgan fingerprint density at radius 1 is 1.12 bits per heavy atom. The summed E-state index contributed by atoms with van der Waals surface area (Å²) in [4.78, 5) is 14.1. The molecule has 7 heteroatoms. The molecule has 3 rings (SSSR count). The van der Waals surface area contributed by atoms with Gasteiger partial charge in [-0.15, -0.1) is 11.3 Å². The van der Waals surface area contributed by atoms with Crippen LogP contribution in [0, 0.1) is 0 Å². The van der Waals surface area contributed by atoms with E-state index in [2.05, 4.69) is 43.5 Å². The molecule has 0 amide bonds. The lowest BCUT2D eigenvalue weighted by Gasteiger charge is -2.22. The number of anilines is 2. The predicted molar refractivity (Wildman–Crippen MR) is 138 cm³/mol. The van der Waals surface area contributed by atoms with E-state index in [1.165, 1.54) is 23.3 Å². The normalized spacial score (nSPS) is 14.0. The Morgan fingerprint density at radius 2 is 1.84 bits per heavy atom. The maximum absolute atomic E-state index is 12.9. The third kappa shape index (κ3) is 5.81. The third-order valence-electron chi connectivity index (χ3n) is 5.69. The van der Waals surface area contributed by atoms with Gasteiger partial charge in [0.1, 0.15) is 10.8 Å². The fourth-order valence-corrected chi connectivity index (χ4v) is 5.51. The summed E-state index contributed by atoms with van der Waals surface area (Å²) in [6.07, 6.45) is 6.58. The second-order valence-electron chi connectivity index (χ2n) is 9.09. The highest BCUT2D eigenvalue weighted by Gasteiger charge is 2.26. The van der Waals surface area contributed by atoms with E-state index in [9.17, 15) is 4.79 Å². The van der Waals surface area contributed by atoms with Crippen LogP contribution in [0.2, 0.25) is 0 Å². The van der Waals surface area contributed by atoms with Crippen LogP contribution in [0.5, 0.6) is 5.75 Å². The number of carbonyl (C=O) groups excluding carboxylic acids is 1. The van der Waals surface area contributed by atoms with E-state index in [1.54, 1.807) is 18.4 Å². The standard InChI is InChI=1S/C25H34N2O3S2/c1-6-30-23(28)21-17-11-9-7-8-10-12-20(17)32-22(21)27-24(31)26-18-15-16(25(2,3)4)13-14-19(18)29-5/h13-15H,6-12H2,1-5H3,(H2,26,27,31). The first-order valence-corrected chi connectivity index (χ1v) is 12.5. The zero-order valence-electron chi connectivity index (χ0n) is 19.7. The van der Waals surface area contributed by atoms with Gasteiger partial charge in [-0.25, -0.2) is 4.79 Å². The zero-order chi connectivity index (χ0) is 23.3. The summed E-state index contributed by atoms with van der Waals surface area (Å²) in [5.41, 5.74) is 3.75. The van der Waals surface area contributed by atoms with Gasteiger partial charge < -0.3 is 20.1 Å². The van der Waals surface area contributed by atoms with Crippen LogP contribution in [-0.4, -0.2) is 24.8 Å². The van der Waals surface area contributed by atoms with Gasteiger partial charge in [-0.3, -0.25) is 0 Å². The second kappa shape index (κ2) is 10.7. The summed E-state index contributed by atoms with van der Waals surface area (Å²) in [5.74, 6) is 0.439.